The molecule has 0 saturated heterocycles. The van der Waals surface area contributed by atoms with Gasteiger partial charge in [0.25, 0.3) is 11.5 Å². The summed E-state index contributed by atoms with van der Waals surface area (Å²) in [6.07, 6.45) is 5.18. The second-order valence-electron chi connectivity index (χ2n) is 5.37. The van der Waals surface area contributed by atoms with Crippen LogP contribution in [0.3, 0.4) is 0 Å². The molecule has 0 spiro atoms. The molecule has 1 fully saturated rings. The number of pyridine rings is 1. The van der Waals surface area contributed by atoms with E-state index in [1.807, 2.05) is 0 Å². The van der Waals surface area contributed by atoms with E-state index in [4.69, 9.17) is 0 Å². The number of nitrogens with one attached hydrogen (secondary N) is 1. The van der Waals surface area contributed by atoms with Gasteiger partial charge < -0.3 is 10.4 Å². The van der Waals surface area contributed by atoms with Gasteiger partial charge in [0.2, 0.25) is 0 Å². The van der Waals surface area contributed by atoms with E-state index < -0.39 is 5.91 Å². The minimum absolute atomic E-state index is 0.0196. The number of amides is 1. The van der Waals surface area contributed by atoms with E-state index in [-0.39, 0.29) is 23.1 Å². The molecule has 2 N–H and O–H groups in total. The molecule has 1 aliphatic rings. The van der Waals surface area contributed by atoms with Crippen LogP contribution >= 0.6 is 0 Å². The Bertz CT molecular complexity index is 725. The Labute approximate surface area is 121 Å². The van der Waals surface area contributed by atoms with Crippen LogP contribution in [-0.4, -0.2) is 33.0 Å². The van der Waals surface area contributed by atoms with Gasteiger partial charge in [0.15, 0.2) is 0 Å². The van der Waals surface area contributed by atoms with Gasteiger partial charge >= 0.3 is 0 Å². The van der Waals surface area contributed by atoms with Crippen molar-refractivity contribution in [2.75, 3.05) is 6.54 Å². The zero-order valence-corrected chi connectivity index (χ0v) is 11.5. The molecule has 6 heteroatoms. The maximum Gasteiger partial charge on any atom is 0.270 e. The van der Waals surface area contributed by atoms with E-state index in [9.17, 15) is 14.7 Å². The van der Waals surface area contributed by atoms with Gasteiger partial charge in [-0.05, 0) is 25.0 Å². The van der Waals surface area contributed by atoms with E-state index in [2.05, 4.69) is 10.3 Å². The van der Waals surface area contributed by atoms with Crippen LogP contribution in [0.4, 0.5) is 0 Å². The van der Waals surface area contributed by atoms with Crippen LogP contribution in [0, 0.1) is 5.92 Å². The van der Waals surface area contributed by atoms with Crippen molar-refractivity contribution >= 4 is 11.6 Å². The summed E-state index contributed by atoms with van der Waals surface area (Å²) in [5.74, 6) is -0.366. The van der Waals surface area contributed by atoms with Crippen molar-refractivity contribution in [1.82, 2.24) is 14.7 Å². The maximum absolute atomic E-state index is 12.2. The molecule has 110 valence electrons. The highest BCUT2D eigenvalue weighted by Crippen LogP contribution is 2.24. The summed E-state index contributed by atoms with van der Waals surface area (Å²) >= 11 is 0. The molecule has 6 nitrogen and oxygen atoms in total. The summed E-state index contributed by atoms with van der Waals surface area (Å²) in [6.45, 7) is 0.386. The standard InChI is InChI=1S/C15H17N3O3/c19-12-5-3-4-10(12)8-17-14(20)11-9-16-13-6-1-2-7-18(13)15(11)21/h1-2,6-7,9-10,12,19H,3-5,8H2,(H,17,20). The van der Waals surface area contributed by atoms with Gasteiger partial charge in [-0.3, -0.25) is 14.0 Å². The van der Waals surface area contributed by atoms with Crippen LogP contribution in [0.1, 0.15) is 29.6 Å². The van der Waals surface area contributed by atoms with E-state index in [0.717, 1.165) is 19.3 Å². The van der Waals surface area contributed by atoms with Crippen molar-refractivity contribution in [3.63, 3.8) is 0 Å². The third kappa shape index (κ3) is 2.67. The van der Waals surface area contributed by atoms with E-state index in [1.54, 1.807) is 24.4 Å². The number of fused-ring (bicyclic) bond motifs is 1. The highest BCUT2D eigenvalue weighted by Gasteiger charge is 2.25. The van der Waals surface area contributed by atoms with Crippen molar-refractivity contribution in [3.8, 4) is 0 Å². The first-order chi connectivity index (χ1) is 10.2. The van der Waals surface area contributed by atoms with Crippen LogP contribution in [0.2, 0.25) is 0 Å². The van der Waals surface area contributed by atoms with Crippen LogP contribution < -0.4 is 10.9 Å². The lowest BCUT2D eigenvalue weighted by Gasteiger charge is -2.14. The van der Waals surface area contributed by atoms with Crippen molar-refractivity contribution in [2.45, 2.75) is 25.4 Å². The average molecular weight is 287 g/mol. The Kier molecular flexibility index (Phi) is 3.70. The summed E-state index contributed by atoms with van der Waals surface area (Å²) < 4.78 is 1.35. The lowest BCUT2D eigenvalue weighted by Crippen LogP contribution is -2.36. The van der Waals surface area contributed by atoms with Gasteiger partial charge in [0.1, 0.15) is 11.2 Å². The Morgan fingerprint density at radius 3 is 3.05 bits per heavy atom. The molecule has 2 heterocycles. The normalized spacial score (nSPS) is 21.6. The second kappa shape index (κ2) is 5.65. The number of carbonyl (C=O) groups excluding carboxylic acids is 1. The molecule has 0 aliphatic heterocycles. The summed E-state index contributed by atoms with van der Waals surface area (Å²) in [6, 6.07) is 5.20. The molecule has 2 atom stereocenters. The summed E-state index contributed by atoms with van der Waals surface area (Å²) in [4.78, 5) is 28.5. The maximum atomic E-state index is 12.2. The Hall–Kier alpha value is -2.21. The quantitative estimate of drug-likeness (QED) is 0.865. The molecule has 0 radical (unpaired) electrons. The molecule has 1 amide bonds. The molecule has 21 heavy (non-hydrogen) atoms. The van der Waals surface area contributed by atoms with Crippen molar-refractivity contribution < 1.29 is 9.90 Å². The molecular formula is C15H17N3O3. The molecule has 2 aromatic heterocycles. The SMILES string of the molecule is O=C(NCC1CCCC1O)c1cnc2ccccn2c1=O. The monoisotopic (exact) mass is 287 g/mol. The third-order valence-corrected chi connectivity index (χ3v) is 4.00. The molecule has 1 saturated carbocycles. The lowest BCUT2D eigenvalue weighted by atomic mass is 10.1. The number of aliphatic hydroxyl groups is 1. The third-order valence-electron chi connectivity index (χ3n) is 4.00. The first-order valence-electron chi connectivity index (χ1n) is 7.09. The fourth-order valence-electron chi connectivity index (χ4n) is 2.76. The topological polar surface area (TPSA) is 83.7 Å². The second-order valence-corrected chi connectivity index (χ2v) is 5.37. The summed E-state index contributed by atoms with van der Waals surface area (Å²) in [5.41, 5.74) is 0.140. The summed E-state index contributed by atoms with van der Waals surface area (Å²) in [7, 11) is 0. The molecule has 1 aliphatic carbocycles. The number of hydrogen-bond acceptors (Lipinski definition) is 4. The van der Waals surface area contributed by atoms with E-state index in [1.165, 1.54) is 10.6 Å². The number of aliphatic hydroxyl groups excluding tert-OH is 1. The van der Waals surface area contributed by atoms with Crippen molar-refractivity contribution in [1.29, 1.82) is 0 Å². The number of aromatic nitrogens is 2. The zero-order chi connectivity index (χ0) is 14.8. The highest BCUT2D eigenvalue weighted by atomic mass is 16.3. The van der Waals surface area contributed by atoms with Crippen LogP contribution in [-0.2, 0) is 0 Å². The predicted octanol–water partition coefficient (Wildman–Crippen LogP) is 0.585. The van der Waals surface area contributed by atoms with Gasteiger partial charge in [-0.2, -0.15) is 0 Å². The number of carbonyl (C=O) groups is 1. The number of hydrogen-bond donors (Lipinski definition) is 2. The van der Waals surface area contributed by atoms with E-state index >= 15 is 0 Å². The molecule has 2 aromatic rings. The van der Waals surface area contributed by atoms with Gasteiger partial charge in [-0.1, -0.05) is 12.5 Å². The predicted molar refractivity (Wildman–Crippen MR) is 77.1 cm³/mol. The van der Waals surface area contributed by atoms with Gasteiger partial charge in [-0.25, -0.2) is 4.98 Å². The Balaban J connectivity index is 1.78. The minimum Gasteiger partial charge on any atom is -0.393 e. The molecule has 2 unspecified atom stereocenters. The van der Waals surface area contributed by atoms with Crippen LogP contribution in [0.25, 0.3) is 5.65 Å². The van der Waals surface area contributed by atoms with Gasteiger partial charge in [0, 0.05) is 24.9 Å². The largest absolute Gasteiger partial charge is 0.393 e. The van der Waals surface area contributed by atoms with Crippen LogP contribution in [0.5, 0.6) is 0 Å². The highest BCUT2D eigenvalue weighted by molar-refractivity contribution is 5.93. The van der Waals surface area contributed by atoms with Gasteiger partial charge in [-0.15, -0.1) is 0 Å². The lowest BCUT2D eigenvalue weighted by molar-refractivity contribution is 0.0915. The average Bonchev–Trinajstić information content (AvgIpc) is 2.91. The zero-order valence-electron chi connectivity index (χ0n) is 11.5. The Morgan fingerprint density at radius 1 is 1.43 bits per heavy atom. The number of nitrogens with zero attached hydrogens (tertiary/aromatic N) is 2. The molecule has 0 aromatic carbocycles. The smallest absolute Gasteiger partial charge is 0.270 e. The van der Waals surface area contributed by atoms with Crippen molar-refractivity contribution in [2.24, 2.45) is 5.92 Å². The first-order valence-corrected chi connectivity index (χ1v) is 7.09. The van der Waals surface area contributed by atoms with Crippen molar-refractivity contribution in [3.05, 3.63) is 46.5 Å². The first kappa shape index (κ1) is 13.8. The van der Waals surface area contributed by atoms with Gasteiger partial charge in [0.05, 0.1) is 6.10 Å². The fraction of sp³-hybridized carbons (Fsp3) is 0.400. The van der Waals surface area contributed by atoms with Crippen LogP contribution in [0.15, 0.2) is 35.4 Å². The fourth-order valence-corrected chi connectivity index (χ4v) is 2.76. The molecule has 0 bridgehead atoms. The minimum atomic E-state index is -0.440. The Morgan fingerprint density at radius 2 is 2.29 bits per heavy atom. The van der Waals surface area contributed by atoms with E-state index in [0.29, 0.717) is 12.2 Å². The molecular weight excluding hydrogens is 270 g/mol. The molecule has 3 rings (SSSR count). The number of rotatable bonds is 3. The summed E-state index contributed by atoms with van der Waals surface area (Å²) in [5, 5.41) is 12.5.